The number of hydrogen-bond acceptors (Lipinski definition) is 6. The Hall–Kier alpha value is -2.71. The van der Waals surface area contributed by atoms with Gasteiger partial charge in [0, 0.05) is 9.90 Å². The molecule has 0 aliphatic heterocycles. The van der Waals surface area contributed by atoms with E-state index in [9.17, 15) is 9.59 Å². The van der Waals surface area contributed by atoms with Gasteiger partial charge in [-0.15, -0.1) is 16.4 Å². The third kappa shape index (κ3) is 2.86. The second-order valence-electron chi connectivity index (χ2n) is 6.88. The van der Waals surface area contributed by atoms with E-state index in [0.29, 0.717) is 20.9 Å². The summed E-state index contributed by atoms with van der Waals surface area (Å²) in [7, 11) is 0. The fourth-order valence-corrected chi connectivity index (χ4v) is 5.25. The Morgan fingerprint density at radius 1 is 1.31 bits per heavy atom. The molecule has 7 nitrogen and oxygen atoms in total. The molecule has 3 aromatic heterocycles. The van der Waals surface area contributed by atoms with Crippen molar-refractivity contribution in [1.29, 1.82) is 0 Å². The lowest BCUT2D eigenvalue weighted by Crippen LogP contribution is -2.21. The van der Waals surface area contributed by atoms with Gasteiger partial charge >= 0.3 is 5.97 Å². The molecule has 1 aromatic carbocycles. The van der Waals surface area contributed by atoms with Crippen LogP contribution in [0.2, 0.25) is 5.02 Å². The lowest BCUT2D eigenvalue weighted by molar-refractivity contribution is 0.0509. The molecule has 0 saturated carbocycles. The van der Waals surface area contributed by atoms with Crippen molar-refractivity contribution in [2.45, 2.75) is 32.6 Å². The van der Waals surface area contributed by atoms with Gasteiger partial charge < -0.3 is 4.74 Å². The SMILES string of the molecule is CCOC(=O)c1nn(-c2cccc(Cl)c2)c2nc3sc4c(c3c(=O)n12)CCCC4. The van der Waals surface area contributed by atoms with Crippen LogP contribution in [0, 0.1) is 0 Å². The second-order valence-corrected chi connectivity index (χ2v) is 8.40. The fourth-order valence-electron chi connectivity index (χ4n) is 3.82. The molecule has 0 radical (unpaired) electrons. The molecule has 5 rings (SSSR count). The van der Waals surface area contributed by atoms with Crippen molar-refractivity contribution in [2.24, 2.45) is 0 Å². The average Bonchev–Trinajstić information content (AvgIpc) is 3.27. The first kappa shape index (κ1) is 18.3. The van der Waals surface area contributed by atoms with Crippen LogP contribution in [0.3, 0.4) is 0 Å². The van der Waals surface area contributed by atoms with Gasteiger partial charge in [-0.2, -0.15) is 4.68 Å². The second kappa shape index (κ2) is 6.96. The van der Waals surface area contributed by atoms with Gasteiger partial charge in [0.15, 0.2) is 0 Å². The summed E-state index contributed by atoms with van der Waals surface area (Å²) in [5, 5.41) is 5.50. The monoisotopic (exact) mass is 428 g/mol. The fraction of sp³-hybridized carbons (Fsp3) is 0.300. The minimum Gasteiger partial charge on any atom is -0.460 e. The summed E-state index contributed by atoms with van der Waals surface area (Å²) < 4.78 is 7.88. The Bertz CT molecular complexity index is 1340. The summed E-state index contributed by atoms with van der Waals surface area (Å²) in [6.07, 6.45) is 3.98. The van der Waals surface area contributed by atoms with E-state index in [-0.39, 0.29) is 23.8 Å². The normalized spacial score (nSPS) is 13.7. The van der Waals surface area contributed by atoms with Gasteiger partial charge in [0.2, 0.25) is 11.6 Å². The molecule has 148 valence electrons. The quantitative estimate of drug-likeness (QED) is 0.464. The van der Waals surface area contributed by atoms with Gasteiger partial charge in [0.05, 0.1) is 17.7 Å². The number of halogens is 1. The highest BCUT2D eigenvalue weighted by Gasteiger charge is 2.26. The molecular weight excluding hydrogens is 412 g/mol. The number of aromatic nitrogens is 4. The van der Waals surface area contributed by atoms with Crippen LogP contribution in [-0.2, 0) is 17.6 Å². The van der Waals surface area contributed by atoms with Crippen LogP contribution in [0.1, 0.15) is 40.8 Å². The summed E-state index contributed by atoms with van der Waals surface area (Å²) in [5.41, 5.74) is 1.40. The van der Waals surface area contributed by atoms with E-state index in [1.165, 1.54) is 14.0 Å². The smallest absolute Gasteiger partial charge is 0.376 e. The number of carbonyl (C=O) groups is 1. The summed E-state index contributed by atoms with van der Waals surface area (Å²) in [6.45, 7) is 1.89. The van der Waals surface area contributed by atoms with Gasteiger partial charge in [-0.05, 0) is 56.4 Å². The van der Waals surface area contributed by atoms with Crippen LogP contribution in [0.4, 0.5) is 0 Å². The summed E-state index contributed by atoms with van der Waals surface area (Å²) >= 11 is 7.70. The van der Waals surface area contributed by atoms with E-state index in [1.54, 1.807) is 42.5 Å². The zero-order chi connectivity index (χ0) is 20.1. The highest BCUT2D eigenvalue weighted by molar-refractivity contribution is 7.18. The van der Waals surface area contributed by atoms with Crippen LogP contribution in [0.25, 0.3) is 21.7 Å². The number of benzene rings is 1. The van der Waals surface area contributed by atoms with Crippen molar-refractivity contribution < 1.29 is 9.53 Å². The molecule has 0 unspecified atom stereocenters. The summed E-state index contributed by atoms with van der Waals surface area (Å²) in [5.74, 6) is -0.478. The highest BCUT2D eigenvalue weighted by atomic mass is 35.5. The van der Waals surface area contributed by atoms with Gasteiger partial charge in [-0.1, -0.05) is 17.7 Å². The van der Waals surface area contributed by atoms with Gasteiger partial charge in [-0.3, -0.25) is 4.79 Å². The van der Waals surface area contributed by atoms with E-state index < -0.39 is 5.97 Å². The van der Waals surface area contributed by atoms with Crippen LogP contribution in [0.5, 0.6) is 0 Å². The number of aryl methyl sites for hydroxylation is 2. The molecule has 4 aromatic rings. The Labute approximate surface area is 174 Å². The Balaban J connectivity index is 1.88. The average molecular weight is 429 g/mol. The first-order valence-corrected chi connectivity index (χ1v) is 10.7. The zero-order valence-electron chi connectivity index (χ0n) is 15.6. The molecule has 1 aliphatic rings. The van der Waals surface area contributed by atoms with Crippen molar-refractivity contribution in [2.75, 3.05) is 6.61 Å². The number of ether oxygens (including phenoxy) is 1. The summed E-state index contributed by atoms with van der Waals surface area (Å²) in [6, 6.07) is 7.03. The predicted molar refractivity (Wildman–Crippen MR) is 112 cm³/mol. The minimum atomic E-state index is -0.661. The van der Waals surface area contributed by atoms with Crippen molar-refractivity contribution in [1.82, 2.24) is 19.2 Å². The van der Waals surface area contributed by atoms with Crippen molar-refractivity contribution in [3.8, 4) is 5.69 Å². The molecule has 0 fully saturated rings. The van der Waals surface area contributed by atoms with E-state index in [0.717, 1.165) is 31.2 Å². The third-order valence-corrected chi connectivity index (χ3v) is 6.50. The molecule has 0 amide bonds. The maximum Gasteiger partial charge on any atom is 0.376 e. The van der Waals surface area contributed by atoms with Crippen molar-refractivity contribution in [3.05, 3.63) is 55.9 Å². The first-order chi connectivity index (χ1) is 14.1. The van der Waals surface area contributed by atoms with E-state index in [2.05, 4.69) is 5.10 Å². The molecule has 29 heavy (non-hydrogen) atoms. The number of hydrogen-bond donors (Lipinski definition) is 0. The Morgan fingerprint density at radius 2 is 2.14 bits per heavy atom. The Kier molecular flexibility index (Phi) is 4.40. The summed E-state index contributed by atoms with van der Waals surface area (Å²) in [4.78, 5) is 32.7. The maximum absolute atomic E-state index is 13.5. The molecular formula is C20H17ClN4O3S. The number of esters is 1. The molecule has 3 heterocycles. The lowest BCUT2D eigenvalue weighted by atomic mass is 9.97. The molecule has 0 saturated heterocycles. The van der Waals surface area contributed by atoms with E-state index >= 15 is 0 Å². The van der Waals surface area contributed by atoms with E-state index in [4.69, 9.17) is 21.3 Å². The van der Waals surface area contributed by atoms with Crippen LogP contribution in [-0.4, -0.2) is 31.7 Å². The molecule has 9 heteroatoms. The zero-order valence-corrected chi connectivity index (χ0v) is 17.2. The Morgan fingerprint density at radius 3 is 2.93 bits per heavy atom. The lowest BCUT2D eigenvalue weighted by Gasteiger charge is -2.09. The van der Waals surface area contributed by atoms with Crippen LogP contribution in [0.15, 0.2) is 29.1 Å². The topological polar surface area (TPSA) is 78.5 Å². The predicted octanol–water partition coefficient (Wildman–Crippen LogP) is 3.80. The van der Waals surface area contributed by atoms with Gasteiger partial charge in [0.25, 0.3) is 5.56 Å². The van der Waals surface area contributed by atoms with E-state index in [1.807, 2.05) is 0 Å². The number of thiophene rings is 1. The molecule has 0 atom stereocenters. The van der Waals surface area contributed by atoms with Crippen LogP contribution >= 0.6 is 22.9 Å². The molecule has 0 bridgehead atoms. The van der Waals surface area contributed by atoms with Gasteiger partial charge in [0.1, 0.15) is 4.83 Å². The maximum atomic E-state index is 13.5. The first-order valence-electron chi connectivity index (χ1n) is 9.47. The highest BCUT2D eigenvalue weighted by Crippen LogP contribution is 2.34. The largest absolute Gasteiger partial charge is 0.460 e. The van der Waals surface area contributed by atoms with Gasteiger partial charge in [-0.25, -0.2) is 14.2 Å². The van der Waals surface area contributed by atoms with Crippen LogP contribution < -0.4 is 5.56 Å². The van der Waals surface area contributed by atoms with Crippen molar-refractivity contribution in [3.63, 3.8) is 0 Å². The number of rotatable bonds is 3. The standard InChI is InChI=1S/C20H17ClN4O3S/c1-2-28-19(27)16-23-25(12-7-5-6-11(21)10-12)20-22-17-15(18(26)24(16)20)13-8-3-4-9-14(13)29-17/h5-7,10H,2-4,8-9H2,1H3. The molecule has 0 N–H and O–H groups in total. The molecule has 0 spiro atoms. The number of nitrogens with zero attached hydrogens (tertiary/aromatic N) is 4. The minimum absolute atomic E-state index is 0.0861. The molecule has 1 aliphatic carbocycles. The number of fused-ring (bicyclic) bond motifs is 4. The number of carbonyl (C=O) groups excluding carboxylic acids is 1. The van der Waals surface area contributed by atoms with Crippen molar-refractivity contribution >= 4 is 44.9 Å². The third-order valence-electron chi connectivity index (χ3n) is 5.08.